The highest BCUT2D eigenvalue weighted by Gasteiger charge is 2.57. The van der Waals surface area contributed by atoms with Gasteiger partial charge in [0.2, 0.25) is 0 Å². The van der Waals surface area contributed by atoms with Crippen molar-refractivity contribution in [3.63, 3.8) is 0 Å². The fourth-order valence-corrected chi connectivity index (χ4v) is 6.38. The first-order chi connectivity index (χ1) is 9.34. The van der Waals surface area contributed by atoms with Crippen LogP contribution in [-0.2, 0) is 4.79 Å². The average molecular weight is 257 g/mol. The number of Topliss-reactive ketones (excluding diaryl/α,β-unsaturated/α-hetero) is 1. The van der Waals surface area contributed by atoms with Gasteiger partial charge in [-0.1, -0.05) is 12.0 Å². The summed E-state index contributed by atoms with van der Waals surface area (Å²) in [6.45, 7) is 2.65. The van der Waals surface area contributed by atoms with Gasteiger partial charge in [0, 0.05) is 19.0 Å². The van der Waals surface area contributed by atoms with Crippen LogP contribution in [-0.4, -0.2) is 29.8 Å². The molecule has 1 saturated carbocycles. The SMILES string of the molecule is O=C1CCCC2=C1C1CCCC3CN4CCC2C4C31. The maximum Gasteiger partial charge on any atom is 0.159 e. The first kappa shape index (κ1) is 11.1. The summed E-state index contributed by atoms with van der Waals surface area (Å²) in [5.41, 5.74) is 3.00. The number of allylic oxidation sites excluding steroid dienone is 1. The zero-order valence-electron chi connectivity index (χ0n) is 11.6. The fraction of sp³-hybridized carbons (Fsp3) is 0.824. The topological polar surface area (TPSA) is 20.3 Å². The van der Waals surface area contributed by atoms with Gasteiger partial charge in [-0.25, -0.2) is 0 Å². The molecule has 0 bridgehead atoms. The summed E-state index contributed by atoms with van der Waals surface area (Å²) in [5, 5.41) is 0. The minimum atomic E-state index is 0.538. The van der Waals surface area contributed by atoms with E-state index in [4.69, 9.17) is 0 Å². The minimum Gasteiger partial charge on any atom is -0.299 e. The Balaban J connectivity index is 1.69. The Morgan fingerprint density at radius 1 is 1.00 bits per heavy atom. The number of ketones is 1. The quantitative estimate of drug-likeness (QED) is 0.665. The van der Waals surface area contributed by atoms with E-state index < -0.39 is 0 Å². The molecule has 5 aliphatic rings. The first-order valence-electron chi connectivity index (χ1n) is 8.35. The summed E-state index contributed by atoms with van der Waals surface area (Å²) in [4.78, 5) is 15.3. The zero-order chi connectivity index (χ0) is 12.6. The minimum absolute atomic E-state index is 0.538. The number of carbonyl (C=O) groups excluding carboxylic acids is 1. The Kier molecular flexibility index (Phi) is 2.17. The third-order valence-corrected chi connectivity index (χ3v) is 6.84. The van der Waals surface area contributed by atoms with E-state index in [1.54, 1.807) is 5.57 Å². The Labute approximate surface area is 115 Å². The van der Waals surface area contributed by atoms with Crippen LogP contribution >= 0.6 is 0 Å². The molecular weight excluding hydrogens is 234 g/mol. The number of hydrogen-bond donors (Lipinski definition) is 0. The monoisotopic (exact) mass is 257 g/mol. The second-order valence-corrected chi connectivity index (χ2v) is 7.47. The van der Waals surface area contributed by atoms with Crippen LogP contribution in [0.5, 0.6) is 0 Å². The molecule has 0 spiro atoms. The number of hydrogen-bond acceptors (Lipinski definition) is 2. The van der Waals surface area contributed by atoms with Crippen molar-refractivity contribution in [2.24, 2.45) is 23.7 Å². The van der Waals surface area contributed by atoms with E-state index in [0.717, 1.165) is 36.6 Å². The van der Waals surface area contributed by atoms with Crippen molar-refractivity contribution in [3.05, 3.63) is 11.1 Å². The smallest absolute Gasteiger partial charge is 0.159 e. The van der Waals surface area contributed by atoms with Gasteiger partial charge < -0.3 is 0 Å². The molecule has 0 aromatic carbocycles. The van der Waals surface area contributed by atoms with Gasteiger partial charge in [0.05, 0.1) is 0 Å². The zero-order valence-corrected chi connectivity index (χ0v) is 11.6. The Hall–Kier alpha value is -0.630. The second-order valence-electron chi connectivity index (χ2n) is 7.47. The predicted octanol–water partition coefficient (Wildman–Crippen LogP) is 2.79. The molecule has 5 atom stereocenters. The van der Waals surface area contributed by atoms with Crippen molar-refractivity contribution in [1.82, 2.24) is 4.90 Å². The van der Waals surface area contributed by atoms with Gasteiger partial charge in [-0.15, -0.1) is 0 Å². The molecule has 3 fully saturated rings. The Bertz CT molecular complexity index is 480. The van der Waals surface area contributed by atoms with Crippen molar-refractivity contribution in [2.75, 3.05) is 13.1 Å². The van der Waals surface area contributed by atoms with Crippen LogP contribution in [0.1, 0.15) is 44.9 Å². The summed E-state index contributed by atoms with van der Waals surface area (Å²) >= 11 is 0. The van der Waals surface area contributed by atoms with Crippen LogP contribution in [0.3, 0.4) is 0 Å². The van der Waals surface area contributed by atoms with E-state index in [-0.39, 0.29) is 0 Å². The molecule has 2 heterocycles. The molecule has 2 heteroatoms. The molecule has 2 aliphatic heterocycles. The summed E-state index contributed by atoms with van der Waals surface area (Å²) in [7, 11) is 0. The number of rotatable bonds is 0. The predicted molar refractivity (Wildman–Crippen MR) is 73.7 cm³/mol. The van der Waals surface area contributed by atoms with Gasteiger partial charge >= 0.3 is 0 Å². The van der Waals surface area contributed by atoms with Gasteiger partial charge in [0.15, 0.2) is 5.78 Å². The summed E-state index contributed by atoms with van der Waals surface area (Å²) in [5.74, 6) is 3.72. The highest BCUT2D eigenvalue weighted by atomic mass is 16.1. The molecule has 0 N–H and O–H groups in total. The maximum absolute atomic E-state index is 12.5. The van der Waals surface area contributed by atoms with E-state index in [2.05, 4.69) is 4.90 Å². The van der Waals surface area contributed by atoms with Crippen LogP contribution in [0, 0.1) is 23.7 Å². The molecule has 102 valence electrons. The average Bonchev–Trinajstić information content (AvgIpc) is 2.97. The number of carbonyl (C=O) groups is 1. The Morgan fingerprint density at radius 2 is 1.95 bits per heavy atom. The third-order valence-electron chi connectivity index (χ3n) is 6.84. The van der Waals surface area contributed by atoms with Crippen molar-refractivity contribution in [2.45, 2.75) is 51.0 Å². The molecule has 3 aliphatic carbocycles. The van der Waals surface area contributed by atoms with Gasteiger partial charge in [0.25, 0.3) is 0 Å². The van der Waals surface area contributed by atoms with Crippen molar-refractivity contribution in [3.8, 4) is 0 Å². The summed E-state index contributed by atoms with van der Waals surface area (Å²) in [6, 6.07) is 0.833. The maximum atomic E-state index is 12.5. The van der Waals surface area contributed by atoms with Crippen LogP contribution in [0.4, 0.5) is 0 Å². The molecule has 5 unspecified atom stereocenters. The highest BCUT2D eigenvalue weighted by Crippen LogP contribution is 2.58. The molecule has 19 heavy (non-hydrogen) atoms. The summed E-state index contributed by atoms with van der Waals surface area (Å²) < 4.78 is 0. The van der Waals surface area contributed by atoms with Crippen LogP contribution in [0.15, 0.2) is 11.1 Å². The van der Waals surface area contributed by atoms with Gasteiger partial charge in [0.1, 0.15) is 0 Å². The van der Waals surface area contributed by atoms with Crippen LogP contribution in [0.25, 0.3) is 0 Å². The van der Waals surface area contributed by atoms with Gasteiger partial charge in [-0.2, -0.15) is 0 Å². The fourth-order valence-electron chi connectivity index (χ4n) is 6.38. The lowest BCUT2D eigenvalue weighted by atomic mass is 9.58. The molecule has 5 rings (SSSR count). The van der Waals surface area contributed by atoms with Crippen molar-refractivity contribution in [1.29, 1.82) is 0 Å². The highest BCUT2D eigenvalue weighted by molar-refractivity contribution is 5.98. The lowest BCUT2D eigenvalue weighted by Gasteiger charge is -2.46. The standard InChI is InChI=1S/C17H23NO/c19-14-6-2-4-11-12-7-8-18-9-10-3-1-5-13(16(11)14)15(10)17(12)18/h10,12-13,15,17H,1-9H2. The Morgan fingerprint density at radius 3 is 2.89 bits per heavy atom. The van der Waals surface area contributed by atoms with Crippen LogP contribution in [0.2, 0.25) is 0 Å². The normalized spacial score (nSPS) is 48.4. The van der Waals surface area contributed by atoms with E-state index in [0.29, 0.717) is 11.7 Å². The van der Waals surface area contributed by atoms with Gasteiger partial charge in [-0.05, 0) is 67.9 Å². The molecular formula is C17H23NO. The molecule has 0 aromatic rings. The molecule has 0 aromatic heterocycles. The van der Waals surface area contributed by atoms with Gasteiger partial charge in [-0.3, -0.25) is 9.69 Å². The van der Waals surface area contributed by atoms with Crippen molar-refractivity contribution >= 4 is 5.78 Å². The summed E-state index contributed by atoms with van der Waals surface area (Å²) in [6.07, 6.45) is 8.65. The van der Waals surface area contributed by atoms with E-state index >= 15 is 0 Å². The van der Waals surface area contributed by atoms with Crippen molar-refractivity contribution < 1.29 is 4.79 Å². The largest absolute Gasteiger partial charge is 0.299 e. The number of fused-ring (bicyclic) bond motifs is 2. The molecule has 0 radical (unpaired) electrons. The van der Waals surface area contributed by atoms with E-state index in [9.17, 15) is 4.79 Å². The molecule has 0 amide bonds. The lowest BCUT2D eigenvalue weighted by molar-refractivity contribution is -0.117. The second kappa shape index (κ2) is 3.72. The molecule has 2 nitrogen and oxygen atoms in total. The molecule has 2 saturated heterocycles. The van der Waals surface area contributed by atoms with Crippen LogP contribution < -0.4 is 0 Å². The number of nitrogens with zero attached hydrogens (tertiary/aromatic N) is 1. The lowest BCUT2D eigenvalue weighted by Crippen LogP contribution is -2.45. The van der Waals surface area contributed by atoms with E-state index in [1.807, 2.05) is 0 Å². The first-order valence-corrected chi connectivity index (χ1v) is 8.35. The third kappa shape index (κ3) is 1.29. The van der Waals surface area contributed by atoms with E-state index in [1.165, 1.54) is 50.8 Å².